The Bertz CT molecular complexity index is 1310. The summed E-state index contributed by atoms with van der Waals surface area (Å²) in [7, 11) is 0. The van der Waals surface area contributed by atoms with Crippen LogP contribution in [0.4, 0.5) is 5.69 Å². The maximum Gasteiger partial charge on any atom is 0.252 e. The summed E-state index contributed by atoms with van der Waals surface area (Å²) in [5, 5.41) is 6.01. The summed E-state index contributed by atoms with van der Waals surface area (Å²) in [6.07, 6.45) is 2.00. The Morgan fingerprint density at radius 1 is 1.03 bits per heavy atom. The fourth-order valence-electron chi connectivity index (χ4n) is 3.80. The minimum absolute atomic E-state index is 0.0872. The van der Waals surface area contributed by atoms with Crippen molar-refractivity contribution in [2.75, 3.05) is 11.6 Å². The van der Waals surface area contributed by atoms with E-state index >= 15 is 0 Å². The molecule has 1 unspecified atom stereocenters. The Hall–Kier alpha value is -3.58. The van der Waals surface area contributed by atoms with E-state index in [2.05, 4.69) is 10.6 Å². The van der Waals surface area contributed by atoms with Crippen molar-refractivity contribution in [3.05, 3.63) is 89.7 Å². The molecule has 1 heterocycles. The van der Waals surface area contributed by atoms with E-state index in [1.54, 1.807) is 17.8 Å². The van der Waals surface area contributed by atoms with Crippen LogP contribution in [0.25, 0.3) is 11.0 Å². The van der Waals surface area contributed by atoms with Crippen LogP contribution in [0.2, 0.25) is 0 Å². The van der Waals surface area contributed by atoms with Gasteiger partial charge in [0.2, 0.25) is 5.91 Å². The number of benzene rings is 3. The number of nitrogens with one attached hydrogen (secondary N) is 2. The monoisotopic (exact) mass is 458 g/mol. The van der Waals surface area contributed by atoms with Gasteiger partial charge in [0.1, 0.15) is 12.4 Å². The van der Waals surface area contributed by atoms with Gasteiger partial charge in [0, 0.05) is 16.1 Å². The van der Waals surface area contributed by atoms with Gasteiger partial charge in [-0.05, 0) is 62.1 Å². The van der Waals surface area contributed by atoms with Crippen molar-refractivity contribution in [2.24, 2.45) is 0 Å². The van der Waals surface area contributed by atoms with Crippen LogP contribution in [-0.4, -0.2) is 27.6 Å². The number of aromatic nitrogens is 2. The van der Waals surface area contributed by atoms with Crippen molar-refractivity contribution in [3.8, 4) is 0 Å². The topological polar surface area (TPSA) is 76.0 Å². The maximum absolute atomic E-state index is 12.9. The number of thioether (sulfide) groups is 1. The number of carbonyl (C=O) groups is 2. The van der Waals surface area contributed by atoms with Crippen LogP contribution in [0.3, 0.4) is 0 Å². The molecule has 4 aromatic rings. The van der Waals surface area contributed by atoms with Gasteiger partial charge in [0.15, 0.2) is 0 Å². The molecule has 0 aliphatic heterocycles. The number of hydrogen-bond acceptors (Lipinski definition) is 4. The lowest BCUT2D eigenvalue weighted by atomic mass is 10.1. The van der Waals surface area contributed by atoms with Gasteiger partial charge in [-0.1, -0.05) is 36.4 Å². The summed E-state index contributed by atoms with van der Waals surface area (Å²) < 4.78 is 1.87. The summed E-state index contributed by atoms with van der Waals surface area (Å²) in [5.41, 5.74) is 3.90. The van der Waals surface area contributed by atoms with Gasteiger partial charge in [-0.2, -0.15) is 0 Å². The number of hydrogen-bond donors (Lipinski definition) is 2. The first-order valence-electron chi connectivity index (χ1n) is 10.7. The third-order valence-corrected chi connectivity index (χ3v) is 6.19. The van der Waals surface area contributed by atoms with E-state index in [9.17, 15) is 9.59 Å². The van der Waals surface area contributed by atoms with Crippen molar-refractivity contribution in [3.63, 3.8) is 0 Å². The van der Waals surface area contributed by atoms with E-state index < -0.39 is 6.04 Å². The number of para-hydroxylation sites is 2. The van der Waals surface area contributed by atoms with Gasteiger partial charge in [0.25, 0.3) is 5.91 Å². The van der Waals surface area contributed by atoms with Crippen LogP contribution in [0.5, 0.6) is 0 Å². The quantitative estimate of drug-likeness (QED) is 0.374. The van der Waals surface area contributed by atoms with Gasteiger partial charge >= 0.3 is 0 Å². The second kappa shape index (κ2) is 9.92. The Kier molecular flexibility index (Phi) is 6.79. The van der Waals surface area contributed by atoms with Gasteiger partial charge in [-0.15, -0.1) is 11.8 Å². The first-order chi connectivity index (χ1) is 16.0. The average Bonchev–Trinajstić information content (AvgIpc) is 3.18. The van der Waals surface area contributed by atoms with E-state index in [1.807, 2.05) is 91.4 Å². The highest BCUT2D eigenvalue weighted by Crippen LogP contribution is 2.23. The normalized spacial score (nSPS) is 11.8. The Balaban J connectivity index is 1.59. The molecule has 0 saturated carbocycles. The number of nitrogens with zero attached hydrogens (tertiary/aromatic N) is 2. The second-order valence-electron chi connectivity index (χ2n) is 7.84. The third kappa shape index (κ3) is 5.09. The minimum atomic E-state index is -0.392. The summed E-state index contributed by atoms with van der Waals surface area (Å²) in [6.45, 7) is 3.88. The van der Waals surface area contributed by atoms with E-state index in [-0.39, 0.29) is 18.4 Å². The van der Waals surface area contributed by atoms with Crippen molar-refractivity contribution in [1.29, 1.82) is 0 Å². The fourth-order valence-corrected chi connectivity index (χ4v) is 4.26. The highest BCUT2D eigenvalue weighted by Gasteiger charge is 2.21. The minimum Gasteiger partial charge on any atom is -0.342 e. The second-order valence-corrected chi connectivity index (χ2v) is 8.71. The summed E-state index contributed by atoms with van der Waals surface area (Å²) in [4.78, 5) is 31.6. The Morgan fingerprint density at radius 2 is 1.79 bits per heavy atom. The van der Waals surface area contributed by atoms with Crippen LogP contribution >= 0.6 is 11.8 Å². The summed E-state index contributed by atoms with van der Waals surface area (Å²) in [6, 6.07) is 22.5. The molecule has 0 radical (unpaired) electrons. The SMILES string of the molecule is CSc1cccc(NC(=O)Cn2c(C(C)NC(=O)c3ccccc3C)nc3ccccc32)c1. The number of fused-ring (bicyclic) bond motifs is 1. The molecule has 33 heavy (non-hydrogen) atoms. The maximum atomic E-state index is 12.9. The smallest absolute Gasteiger partial charge is 0.252 e. The van der Waals surface area contributed by atoms with Crippen LogP contribution in [0.1, 0.15) is 34.7 Å². The standard InChI is InChI=1S/C26H26N4O2S/c1-17-9-4-5-12-21(17)26(32)27-18(2)25-29-22-13-6-7-14-23(22)30(25)16-24(31)28-19-10-8-11-20(15-19)33-3/h4-15,18H,16H2,1-3H3,(H,27,32)(H,28,31). The van der Waals surface area contributed by atoms with Crippen molar-refractivity contribution in [1.82, 2.24) is 14.9 Å². The van der Waals surface area contributed by atoms with Crippen LogP contribution in [0.15, 0.2) is 77.7 Å². The first-order valence-corrected chi connectivity index (χ1v) is 11.9. The van der Waals surface area contributed by atoms with Crippen molar-refractivity contribution in [2.45, 2.75) is 31.3 Å². The molecule has 3 aromatic carbocycles. The third-order valence-electron chi connectivity index (χ3n) is 5.46. The number of anilines is 1. The van der Waals surface area contributed by atoms with Crippen LogP contribution < -0.4 is 10.6 Å². The molecule has 1 atom stereocenters. The number of aryl methyl sites for hydroxylation is 1. The molecular weight excluding hydrogens is 432 g/mol. The number of rotatable bonds is 7. The number of carbonyl (C=O) groups excluding carboxylic acids is 2. The summed E-state index contributed by atoms with van der Waals surface area (Å²) >= 11 is 1.62. The highest BCUT2D eigenvalue weighted by molar-refractivity contribution is 7.98. The molecule has 6 nitrogen and oxygen atoms in total. The van der Waals surface area contributed by atoms with Crippen molar-refractivity contribution >= 4 is 40.3 Å². The molecule has 1 aromatic heterocycles. The predicted octanol–water partition coefficient (Wildman–Crippen LogP) is 5.20. The van der Waals surface area contributed by atoms with E-state index in [0.29, 0.717) is 11.4 Å². The zero-order valence-corrected chi connectivity index (χ0v) is 19.6. The van der Waals surface area contributed by atoms with E-state index in [1.165, 1.54) is 0 Å². The predicted molar refractivity (Wildman–Crippen MR) is 134 cm³/mol. The summed E-state index contributed by atoms with van der Waals surface area (Å²) in [5.74, 6) is 0.304. The van der Waals surface area contributed by atoms with Gasteiger partial charge in [-0.25, -0.2) is 4.98 Å². The zero-order chi connectivity index (χ0) is 23.4. The molecule has 4 rings (SSSR count). The van der Waals surface area contributed by atoms with Crippen LogP contribution in [-0.2, 0) is 11.3 Å². The zero-order valence-electron chi connectivity index (χ0n) is 18.8. The molecule has 2 N–H and O–H groups in total. The van der Waals surface area contributed by atoms with Gasteiger partial charge < -0.3 is 15.2 Å². The van der Waals surface area contributed by atoms with Gasteiger partial charge in [0.05, 0.1) is 17.1 Å². The number of amides is 2. The lowest BCUT2D eigenvalue weighted by Crippen LogP contribution is -2.30. The molecular formula is C26H26N4O2S. The molecule has 0 aliphatic carbocycles. The lowest BCUT2D eigenvalue weighted by molar-refractivity contribution is -0.116. The molecule has 168 valence electrons. The molecule has 7 heteroatoms. The first kappa shape index (κ1) is 22.6. The molecule has 2 amide bonds. The molecule has 0 bridgehead atoms. The highest BCUT2D eigenvalue weighted by atomic mass is 32.2. The van der Waals surface area contributed by atoms with Crippen molar-refractivity contribution < 1.29 is 9.59 Å². The Morgan fingerprint density at radius 3 is 2.58 bits per heavy atom. The largest absolute Gasteiger partial charge is 0.342 e. The van der Waals surface area contributed by atoms with Crippen LogP contribution in [0, 0.1) is 6.92 Å². The average molecular weight is 459 g/mol. The fraction of sp³-hybridized carbons (Fsp3) is 0.192. The number of imidazole rings is 1. The Labute approximate surface area is 197 Å². The molecule has 0 aliphatic rings. The van der Waals surface area contributed by atoms with E-state index in [0.717, 1.165) is 27.2 Å². The van der Waals surface area contributed by atoms with Gasteiger partial charge in [-0.3, -0.25) is 9.59 Å². The molecule has 0 saturated heterocycles. The molecule has 0 fully saturated rings. The van der Waals surface area contributed by atoms with E-state index in [4.69, 9.17) is 4.98 Å². The lowest BCUT2D eigenvalue weighted by Gasteiger charge is -2.17. The molecule has 0 spiro atoms.